The van der Waals surface area contributed by atoms with Crippen LogP contribution >= 0.6 is 11.6 Å². The number of hydrogen-bond acceptors (Lipinski definition) is 5. The highest BCUT2D eigenvalue weighted by Gasteiger charge is 2.53. The molecule has 0 aromatic carbocycles. The molecule has 0 bridgehead atoms. The standard InChI is InChI=1S/C10H12ClNO5/c1-10(2)6(13)3-5-8(17-10)16-9(15)12(5)7(14)4-11/h5,8H,3-4H2,1-2H3/t5-,8+/m1/s1. The minimum Gasteiger partial charge on any atom is -0.417 e. The second-order valence-electron chi connectivity index (χ2n) is 4.47. The van der Waals surface area contributed by atoms with E-state index in [1.807, 2.05) is 0 Å². The summed E-state index contributed by atoms with van der Waals surface area (Å²) in [5, 5.41) is 0. The van der Waals surface area contributed by atoms with Gasteiger partial charge in [0.2, 0.25) is 12.2 Å². The molecule has 0 spiro atoms. The van der Waals surface area contributed by atoms with Gasteiger partial charge in [0.15, 0.2) is 5.78 Å². The van der Waals surface area contributed by atoms with E-state index < -0.39 is 29.9 Å². The van der Waals surface area contributed by atoms with Crippen molar-refractivity contribution < 1.29 is 23.9 Å². The first kappa shape index (κ1) is 12.3. The number of hydrogen-bond donors (Lipinski definition) is 0. The number of fused-ring (bicyclic) bond motifs is 1. The Morgan fingerprint density at radius 3 is 2.76 bits per heavy atom. The van der Waals surface area contributed by atoms with Gasteiger partial charge in [-0.3, -0.25) is 9.59 Å². The van der Waals surface area contributed by atoms with Crippen molar-refractivity contribution >= 4 is 29.4 Å². The van der Waals surface area contributed by atoms with Gasteiger partial charge in [0.05, 0.1) is 0 Å². The molecule has 2 fully saturated rings. The summed E-state index contributed by atoms with van der Waals surface area (Å²) in [6.07, 6.45) is -1.66. The molecule has 6 nitrogen and oxygen atoms in total. The van der Waals surface area contributed by atoms with Gasteiger partial charge in [0.25, 0.3) is 0 Å². The van der Waals surface area contributed by atoms with Gasteiger partial charge in [-0.25, -0.2) is 9.69 Å². The number of Topliss-reactive ketones (excluding diaryl/α,β-unsaturated/α-hetero) is 1. The van der Waals surface area contributed by atoms with Crippen LogP contribution in [0.3, 0.4) is 0 Å². The lowest BCUT2D eigenvalue weighted by atomic mass is 9.93. The number of halogens is 1. The van der Waals surface area contributed by atoms with E-state index in [1.165, 1.54) is 0 Å². The molecule has 2 rings (SSSR count). The van der Waals surface area contributed by atoms with Crippen LogP contribution in [0.2, 0.25) is 0 Å². The molecule has 0 saturated carbocycles. The molecular weight excluding hydrogens is 250 g/mol. The van der Waals surface area contributed by atoms with Crippen molar-refractivity contribution in [3.05, 3.63) is 0 Å². The van der Waals surface area contributed by atoms with Gasteiger partial charge in [-0.05, 0) is 13.8 Å². The summed E-state index contributed by atoms with van der Waals surface area (Å²) in [5.74, 6) is -1.10. The summed E-state index contributed by atoms with van der Waals surface area (Å²) in [4.78, 5) is 35.6. The Labute approximate surface area is 103 Å². The van der Waals surface area contributed by atoms with E-state index in [4.69, 9.17) is 21.1 Å². The van der Waals surface area contributed by atoms with Crippen molar-refractivity contribution in [1.82, 2.24) is 4.90 Å². The van der Waals surface area contributed by atoms with Crippen molar-refractivity contribution in [2.75, 3.05) is 5.88 Å². The SMILES string of the molecule is CC1(C)O[C@@H]2OC(=O)N(C(=O)CCl)[C@@H]2CC1=O. The average molecular weight is 262 g/mol. The molecule has 2 amide bonds. The van der Waals surface area contributed by atoms with E-state index in [9.17, 15) is 14.4 Å². The molecule has 7 heteroatoms. The van der Waals surface area contributed by atoms with Crippen LogP contribution in [0.15, 0.2) is 0 Å². The third kappa shape index (κ3) is 1.91. The molecule has 0 unspecified atom stereocenters. The summed E-state index contributed by atoms with van der Waals surface area (Å²) in [5.41, 5.74) is -0.999. The molecule has 94 valence electrons. The van der Waals surface area contributed by atoms with Crippen LogP contribution in [0.1, 0.15) is 20.3 Å². The molecule has 0 aliphatic carbocycles. The monoisotopic (exact) mass is 261 g/mol. The zero-order chi connectivity index (χ0) is 12.8. The first-order chi connectivity index (χ1) is 7.86. The molecular formula is C10H12ClNO5. The van der Waals surface area contributed by atoms with Gasteiger partial charge < -0.3 is 9.47 Å². The number of carbonyl (C=O) groups is 3. The average Bonchev–Trinajstić information content (AvgIpc) is 2.53. The third-order valence-electron chi connectivity index (χ3n) is 2.92. The van der Waals surface area contributed by atoms with E-state index in [-0.39, 0.29) is 18.1 Å². The maximum Gasteiger partial charge on any atom is 0.419 e. The van der Waals surface area contributed by atoms with Crippen LogP contribution < -0.4 is 0 Å². The summed E-state index contributed by atoms with van der Waals surface area (Å²) in [6.45, 7) is 3.21. The van der Waals surface area contributed by atoms with Crippen LogP contribution in [0.25, 0.3) is 0 Å². The van der Waals surface area contributed by atoms with Crippen molar-refractivity contribution in [2.45, 2.75) is 38.2 Å². The first-order valence-electron chi connectivity index (χ1n) is 5.16. The minimum atomic E-state index is -0.999. The number of ketones is 1. The molecule has 2 atom stereocenters. The number of rotatable bonds is 1. The highest BCUT2D eigenvalue weighted by Crippen LogP contribution is 2.33. The topological polar surface area (TPSA) is 72.9 Å². The van der Waals surface area contributed by atoms with E-state index >= 15 is 0 Å². The lowest BCUT2D eigenvalue weighted by Crippen LogP contribution is -2.53. The summed E-state index contributed by atoms with van der Waals surface area (Å²) in [7, 11) is 0. The van der Waals surface area contributed by atoms with E-state index in [0.717, 1.165) is 4.90 Å². The van der Waals surface area contributed by atoms with E-state index in [0.29, 0.717) is 0 Å². The normalized spacial score (nSPS) is 31.1. The second kappa shape index (κ2) is 3.96. The minimum absolute atomic E-state index is 0.0338. The number of ether oxygens (including phenoxy) is 2. The molecule has 0 aromatic heterocycles. The quantitative estimate of drug-likeness (QED) is 0.649. The molecule has 17 heavy (non-hydrogen) atoms. The lowest BCUT2D eigenvalue weighted by molar-refractivity contribution is -0.197. The fourth-order valence-electron chi connectivity index (χ4n) is 1.92. The van der Waals surface area contributed by atoms with Crippen molar-refractivity contribution in [2.24, 2.45) is 0 Å². The molecule has 2 aliphatic heterocycles. The number of carbonyl (C=O) groups excluding carboxylic acids is 3. The van der Waals surface area contributed by atoms with Gasteiger partial charge in [0, 0.05) is 6.42 Å². The van der Waals surface area contributed by atoms with Crippen LogP contribution in [-0.4, -0.2) is 46.5 Å². The van der Waals surface area contributed by atoms with Gasteiger partial charge in [-0.1, -0.05) is 0 Å². The lowest BCUT2D eigenvalue weighted by Gasteiger charge is -2.35. The molecule has 0 aromatic rings. The van der Waals surface area contributed by atoms with Crippen molar-refractivity contribution in [3.8, 4) is 0 Å². The summed E-state index contributed by atoms with van der Waals surface area (Å²) < 4.78 is 10.3. The Bertz CT molecular complexity index is 394. The van der Waals surface area contributed by atoms with E-state index in [2.05, 4.69) is 0 Å². The zero-order valence-corrected chi connectivity index (χ0v) is 10.2. The molecule has 2 aliphatic rings. The number of amides is 2. The fraction of sp³-hybridized carbons (Fsp3) is 0.700. The highest BCUT2D eigenvalue weighted by atomic mass is 35.5. The van der Waals surface area contributed by atoms with Crippen LogP contribution in [-0.2, 0) is 19.1 Å². The third-order valence-corrected chi connectivity index (χ3v) is 3.15. The van der Waals surface area contributed by atoms with Crippen molar-refractivity contribution in [3.63, 3.8) is 0 Å². The van der Waals surface area contributed by atoms with Gasteiger partial charge in [0.1, 0.15) is 17.5 Å². The Morgan fingerprint density at radius 1 is 1.53 bits per heavy atom. The van der Waals surface area contributed by atoms with Crippen LogP contribution in [0, 0.1) is 0 Å². The predicted molar refractivity (Wildman–Crippen MR) is 56.4 cm³/mol. The summed E-state index contributed by atoms with van der Waals surface area (Å²) >= 11 is 5.40. The predicted octanol–water partition coefficient (Wildman–Crippen LogP) is 0.667. The maximum absolute atomic E-state index is 11.8. The smallest absolute Gasteiger partial charge is 0.417 e. The Kier molecular flexibility index (Phi) is 2.87. The first-order valence-corrected chi connectivity index (χ1v) is 5.70. The van der Waals surface area contributed by atoms with Crippen molar-refractivity contribution in [1.29, 1.82) is 0 Å². The largest absolute Gasteiger partial charge is 0.419 e. The molecule has 0 N–H and O–H groups in total. The van der Waals surface area contributed by atoms with Crippen LogP contribution in [0.5, 0.6) is 0 Å². The Balaban J connectivity index is 2.24. The second-order valence-corrected chi connectivity index (χ2v) is 4.74. The maximum atomic E-state index is 11.8. The molecule has 2 saturated heterocycles. The number of alkyl halides is 1. The summed E-state index contributed by atoms with van der Waals surface area (Å²) in [6, 6.07) is -0.700. The highest BCUT2D eigenvalue weighted by molar-refractivity contribution is 6.28. The van der Waals surface area contributed by atoms with Gasteiger partial charge in [-0.2, -0.15) is 0 Å². The molecule has 2 heterocycles. The number of nitrogens with zero attached hydrogens (tertiary/aromatic N) is 1. The Morgan fingerprint density at radius 2 is 2.18 bits per heavy atom. The fourth-order valence-corrected chi connectivity index (χ4v) is 2.05. The number of imide groups is 1. The van der Waals surface area contributed by atoms with Crippen LogP contribution in [0.4, 0.5) is 4.79 Å². The van der Waals surface area contributed by atoms with E-state index in [1.54, 1.807) is 13.8 Å². The van der Waals surface area contributed by atoms with Gasteiger partial charge >= 0.3 is 6.09 Å². The van der Waals surface area contributed by atoms with Gasteiger partial charge in [-0.15, -0.1) is 11.6 Å². The molecule has 0 radical (unpaired) electrons. The zero-order valence-electron chi connectivity index (χ0n) is 9.44. The Hall–Kier alpha value is -1.14.